The van der Waals surface area contributed by atoms with Crippen molar-refractivity contribution in [2.75, 3.05) is 12.0 Å². The lowest BCUT2D eigenvalue weighted by Crippen LogP contribution is -2.42. The summed E-state index contributed by atoms with van der Waals surface area (Å²) >= 11 is 4.73. The van der Waals surface area contributed by atoms with Crippen LogP contribution >= 0.6 is 27.7 Å². The van der Waals surface area contributed by atoms with Crippen LogP contribution in [-0.4, -0.2) is 49.9 Å². The van der Waals surface area contributed by atoms with Crippen LogP contribution < -0.4 is 10.9 Å². The van der Waals surface area contributed by atoms with Crippen LogP contribution in [0.25, 0.3) is 5.69 Å². The molecule has 0 aliphatic rings. The third-order valence-corrected chi connectivity index (χ3v) is 4.58. The van der Waals surface area contributed by atoms with Gasteiger partial charge in [0.25, 0.3) is 11.5 Å². The summed E-state index contributed by atoms with van der Waals surface area (Å²) < 4.78 is 1.75. The Balaban J connectivity index is 2.35. The van der Waals surface area contributed by atoms with Crippen LogP contribution in [0.1, 0.15) is 16.9 Å². The average molecular weight is 442 g/mol. The molecule has 26 heavy (non-hydrogen) atoms. The molecular formula is C16H16BrN3O5S. The molecule has 1 atom stereocenters. The van der Waals surface area contributed by atoms with E-state index in [1.165, 1.54) is 11.8 Å². The maximum absolute atomic E-state index is 12.4. The Labute approximate surface area is 161 Å². The zero-order valence-electron chi connectivity index (χ0n) is 13.7. The van der Waals surface area contributed by atoms with Gasteiger partial charge in [-0.25, -0.2) is 4.79 Å². The van der Waals surface area contributed by atoms with E-state index >= 15 is 0 Å². The number of carboxylic acids is 1. The number of carboxylic acid groups (broad SMARTS) is 1. The predicted molar refractivity (Wildman–Crippen MR) is 101 cm³/mol. The summed E-state index contributed by atoms with van der Waals surface area (Å²) in [5.74, 6) is -2.14. The molecular weight excluding hydrogens is 426 g/mol. The zero-order valence-corrected chi connectivity index (χ0v) is 16.1. The van der Waals surface area contributed by atoms with Crippen molar-refractivity contribution >= 4 is 39.6 Å². The van der Waals surface area contributed by atoms with Crippen molar-refractivity contribution in [1.29, 1.82) is 0 Å². The smallest absolute Gasteiger partial charge is 0.326 e. The van der Waals surface area contributed by atoms with Gasteiger partial charge in [0.1, 0.15) is 6.04 Å². The lowest BCUT2D eigenvalue weighted by atomic mass is 10.2. The van der Waals surface area contributed by atoms with E-state index in [4.69, 9.17) is 0 Å². The summed E-state index contributed by atoms with van der Waals surface area (Å²) in [5, 5.41) is 25.3. The van der Waals surface area contributed by atoms with E-state index in [0.29, 0.717) is 11.4 Å². The predicted octanol–water partition coefficient (Wildman–Crippen LogP) is 1.64. The van der Waals surface area contributed by atoms with E-state index in [1.54, 1.807) is 24.3 Å². The van der Waals surface area contributed by atoms with Crippen molar-refractivity contribution in [3.63, 3.8) is 0 Å². The molecule has 0 saturated carbocycles. The topological polar surface area (TPSA) is 122 Å². The van der Waals surface area contributed by atoms with Gasteiger partial charge in [0.2, 0.25) is 0 Å². The number of aliphatic carboxylic acids is 1. The van der Waals surface area contributed by atoms with Crippen LogP contribution in [0.15, 0.2) is 39.6 Å². The molecule has 1 aromatic heterocycles. The lowest BCUT2D eigenvalue weighted by Gasteiger charge is -2.14. The number of benzene rings is 1. The van der Waals surface area contributed by atoms with Crippen molar-refractivity contribution in [2.45, 2.75) is 12.5 Å². The van der Waals surface area contributed by atoms with Crippen LogP contribution in [0.5, 0.6) is 5.75 Å². The molecule has 8 nitrogen and oxygen atoms in total. The van der Waals surface area contributed by atoms with Gasteiger partial charge in [-0.1, -0.05) is 15.9 Å². The Morgan fingerprint density at radius 3 is 2.58 bits per heavy atom. The van der Waals surface area contributed by atoms with Crippen molar-refractivity contribution in [3.8, 4) is 11.4 Å². The molecule has 1 heterocycles. The first kappa shape index (κ1) is 20.0. The Kier molecular flexibility index (Phi) is 6.81. The molecule has 2 rings (SSSR count). The van der Waals surface area contributed by atoms with Crippen LogP contribution in [0, 0.1) is 0 Å². The highest BCUT2D eigenvalue weighted by Crippen LogP contribution is 2.15. The minimum Gasteiger partial charge on any atom is -0.505 e. The van der Waals surface area contributed by atoms with Crippen LogP contribution in [0.2, 0.25) is 0 Å². The Bertz CT molecular complexity index is 869. The number of nitrogens with zero attached hydrogens (tertiary/aromatic N) is 2. The lowest BCUT2D eigenvalue weighted by molar-refractivity contribution is -0.139. The SMILES string of the molecule is CSCCC(NC(=O)c1nn(-c2ccc(Br)cc2)c(=O)cc1O)C(=O)O. The van der Waals surface area contributed by atoms with Crippen LogP contribution in [-0.2, 0) is 4.79 Å². The Morgan fingerprint density at radius 1 is 1.35 bits per heavy atom. The molecule has 0 bridgehead atoms. The van der Waals surface area contributed by atoms with Gasteiger partial charge < -0.3 is 15.5 Å². The van der Waals surface area contributed by atoms with Gasteiger partial charge in [-0.2, -0.15) is 21.5 Å². The first-order valence-corrected chi connectivity index (χ1v) is 9.64. The number of rotatable bonds is 7. The Morgan fingerprint density at radius 2 is 2.00 bits per heavy atom. The summed E-state index contributed by atoms with van der Waals surface area (Å²) in [6.45, 7) is 0. The minimum absolute atomic E-state index is 0.218. The van der Waals surface area contributed by atoms with Crippen molar-refractivity contribution in [3.05, 3.63) is 50.9 Å². The van der Waals surface area contributed by atoms with E-state index in [2.05, 4.69) is 26.3 Å². The van der Waals surface area contributed by atoms with E-state index in [0.717, 1.165) is 15.2 Å². The quantitative estimate of drug-likeness (QED) is 0.596. The molecule has 0 fully saturated rings. The number of carbonyl (C=O) groups excluding carboxylic acids is 1. The van der Waals surface area contributed by atoms with Gasteiger partial charge in [0.15, 0.2) is 11.4 Å². The zero-order chi connectivity index (χ0) is 19.3. The van der Waals surface area contributed by atoms with Crippen molar-refractivity contribution in [1.82, 2.24) is 15.1 Å². The second kappa shape index (κ2) is 8.86. The number of thioether (sulfide) groups is 1. The number of nitrogens with one attached hydrogen (secondary N) is 1. The van der Waals surface area contributed by atoms with E-state index < -0.39 is 34.9 Å². The highest BCUT2D eigenvalue weighted by atomic mass is 79.9. The van der Waals surface area contributed by atoms with Gasteiger partial charge in [0.05, 0.1) is 5.69 Å². The fourth-order valence-electron chi connectivity index (χ4n) is 2.10. The number of aromatic nitrogens is 2. The first-order valence-electron chi connectivity index (χ1n) is 7.45. The molecule has 138 valence electrons. The molecule has 0 saturated heterocycles. The fourth-order valence-corrected chi connectivity index (χ4v) is 2.83. The summed E-state index contributed by atoms with van der Waals surface area (Å²) in [7, 11) is 0. The molecule has 0 aliphatic heterocycles. The normalized spacial score (nSPS) is 11.8. The minimum atomic E-state index is -1.19. The highest BCUT2D eigenvalue weighted by Gasteiger charge is 2.24. The van der Waals surface area contributed by atoms with Crippen LogP contribution in [0.3, 0.4) is 0 Å². The maximum atomic E-state index is 12.4. The van der Waals surface area contributed by atoms with Crippen molar-refractivity contribution < 1.29 is 19.8 Å². The molecule has 1 aromatic carbocycles. The number of aromatic hydroxyl groups is 1. The summed E-state index contributed by atoms with van der Waals surface area (Å²) in [5.41, 5.74) is -0.661. The second-order valence-corrected chi connectivity index (χ2v) is 7.15. The summed E-state index contributed by atoms with van der Waals surface area (Å²) in [6, 6.07) is 6.34. The molecule has 0 aliphatic carbocycles. The average Bonchev–Trinajstić information content (AvgIpc) is 2.59. The second-order valence-electron chi connectivity index (χ2n) is 5.25. The molecule has 1 unspecified atom stereocenters. The van der Waals surface area contributed by atoms with Crippen molar-refractivity contribution in [2.24, 2.45) is 0 Å². The third kappa shape index (κ3) is 4.85. The van der Waals surface area contributed by atoms with Gasteiger partial charge in [-0.15, -0.1) is 0 Å². The number of hydrogen-bond donors (Lipinski definition) is 3. The first-order chi connectivity index (χ1) is 12.3. The van der Waals surface area contributed by atoms with Gasteiger partial charge in [0, 0.05) is 10.5 Å². The number of carbonyl (C=O) groups is 2. The number of hydrogen-bond acceptors (Lipinski definition) is 6. The molecule has 10 heteroatoms. The summed E-state index contributed by atoms with van der Waals surface area (Å²) in [4.78, 5) is 35.7. The third-order valence-electron chi connectivity index (χ3n) is 3.41. The molecule has 0 radical (unpaired) electrons. The fraction of sp³-hybridized carbons (Fsp3) is 0.250. The highest BCUT2D eigenvalue weighted by molar-refractivity contribution is 9.10. The van der Waals surface area contributed by atoms with E-state index in [-0.39, 0.29) is 6.42 Å². The largest absolute Gasteiger partial charge is 0.505 e. The molecule has 0 spiro atoms. The molecule has 3 N–H and O–H groups in total. The maximum Gasteiger partial charge on any atom is 0.326 e. The van der Waals surface area contributed by atoms with E-state index in [9.17, 15) is 24.6 Å². The monoisotopic (exact) mass is 441 g/mol. The van der Waals surface area contributed by atoms with Gasteiger partial charge in [-0.3, -0.25) is 9.59 Å². The number of halogens is 1. The van der Waals surface area contributed by atoms with Gasteiger partial charge >= 0.3 is 5.97 Å². The summed E-state index contributed by atoms with van der Waals surface area (Å²) in [6.07, 6.45) is 2.04. The standard InChI is InChI=1S/C16H16BrN3O5S/c1-26-7-6-11(16(24)25)18-15(23)14-12(21)8-13(22)20(19-14)10-4-2-9(17)3-5-10/h2-5,8,11,21H,6-7H2,1H3,(H,18,23)(H,24,25). The number of amides is 1. The van der Waals surface area contributed by atoms with Gasteiger partial charge in [-0.05, 0) is 42.7 Å². The van der Waals surface area contributed by atoms with E-state index in [1.807, 2.05) is 6.26 Å². The molecule has 1 amide bonds. The molecule has 2 aromatic rings. The Hall–Kier alpha value is -2.33. The van der Waals surface area contributed by atoms with Crippen LogP contribution in [0.4, 0.5) is 0 Å².